The molecule has 0 unspecified atom stereocenters. The maximum Gasteiger partial charge on any atom is 0.264 e. The van der Waals surface area contributed by atoms with Crippen LogP contribution in [0.15, 0.2) is 145 Å². The molecule has 5 heterocycles. The number of thiophene rings is 2. The molecule has 0 radical (unpaired) electrons. The zero-order valence-electron chi connectivity index (χ0n) is 33.2. The number of nitrogens with zero attached hydrogens (tertiary/aromatic N) is 4. The van der Waals surface area contributed by atoms with Crippen molar-refractivity contribution in [1.29, 1.82) is 0 Å². The van der Waals surface area contributed by atoms with E-state index in [4.69, 9.17) is 38.6 Å². The van der Waals surface area contributed by atoms with Crippen LogP contribution in [0.5, 0.6) is 17.2 Å². The first kappa shape index (κ1) is 40.0. The maximum atomic E-state index is 13.2. The Kier molecular flexibility index (Phi) is 11.6. The van der Waals surface area contributed by atoms with Crippen molar-refractivity contribution in [3.05, 3.63) is 162 Å². The topological polar surface area (TPSA) is 139 Å². The van der Waals surface area contributed by atoms with Gasteiger partial charge in [0.2, 0.25) is 5.95 Å². The highest BCUT2D eigenvalue weighted by Gasteiger charge is 2.45. The molecule has 3 atom stereocenters. The molecule has 0 bridgehead atoms. The fraction of sp³-hybridized carbons (Fsp3) is 0.191. The second kappa shape index (κ2) is 17.7. The summed E-state index contributed by atoms with van der Waals surface area (Å²) in [5.74, 6) is 1.45. The molecule has 2 N–H and O–H groups in total. The summed E-state index contributed by atoms with van der Waals surface area (Å²) in [5.41, 5.74) is 2.59. The number of benzene rings is 4. The van der Waals surface area contributed by atoms with E-state index in [1.807, 2.05) is 115 Å². The minimum Gasteiger partial charge on any atom is -0.496 e. The van der Waals surface area contributed by atoms with Gasteiger partial charge in [0.1, 0.15) is 40.8 Å². The number of fused-ring (bicyclic) bond motifs is 1. The number of para-hydroxylation sites is 3. The van der Waals surface area contributed by atoms with E-state index in [2.05, 4.69) is 17.4 Å². The average Bonchev–Trinajstić information content (AvgIpc) is 4.15. The number of carbonyl (C=O) groups is 1. The Morgan fingerprint density at radius 1 is 0.820 bits per heavy atom. The smallest absolute Gasteiger partial charge is 0.264 e. The quantitative estimate of drug-likeness (QED) is 0.0962. The van der Waals surface area contributed by atoms with Crippen LogP contribution in [0.2, 0.25) is 0 Å². The molecule has 9 rings (SSSR count). The first-order valence-corrected chi connectivity index (χ1v) is 21.3. The number of aromatic nitrogens is 4. The highest BCUT2D eigenvalue weighted by Crippen LogP contribution is 2.48. The van der Waals surface area contributed by atoms with Crippen LogP contribution >= 0.6 is 22.7 Å². The molecule has 0 saturated carbocycles. The second-order valence-corrected chi connectivity index (χ2v) is 16.2. The van der Waals surface area contributed by atoms with Gasteiger partial charge in [-0.25, -0.2) is 9.97 Å². The number of anilines is 1. The van der Waals surface area contributed by atoms with E-state index in [0.29, 0.717) is 34.1 Å². The fourth-order valence-electron chi connectivity index (χ4n) is 7.68. The predicted octanol–water partition coefficient (Wildman–Crippen LogP) is 8.98. The van der Waals surface area contributed by atoms with Gasteiger partial charge < -0.3 is 28.8 Å². The van der Waals surface area contributed by atoms with Crippen LogP contribution in [-0.4, -0.2) is 70.2 Å². The molecule has 1 aliphatic heterocycles. The molecule has 1 fully saturated rings. The Labute approximate surface area is 360 Å². The number of nitrogens with one attached hydrogen (secondary N) is 1. The van der Waals surface area contributed by atoms with Crippen molar-refractivity contribution in [1.82, 2.24) is 19.5 Å². The number of amides is 1. The summed E-state index contributed by atoms with van der Waals surface area (Å²) in [6.45, 7) is -0.256. The first-order chi connectivity index (χ1) is 29.9. The van der Waals surface area contributed by atoms with Crippen molar-refractivity contribution >= 4 is 45.7 Å². The monoisotopic (exact) mass is 851 g/mol. The molecular weight excluding hydrogens is 811 g/mol. The molecular formula is C47H41N5O7S2. The van der Waals surface area contributed by atoms with Gasteiger partial charge in [-0.2, -0.15) is 4.98 Å². The number of ether oxygens (including phenoxy) is 5. The molecule has 8 aromatic rings. The standard InChI is InChI=1S/C47H41N5O7S2/c1-55-35-20-11-9-18-32(35)47(30-14-5-3-6-15-30,33-19-10-12-21-36(33)56-2)58-27-37-34(53)26-42(59-37)52-29-48-44-43(40-24-23-39(61-40)38-22-13-25-60-38)50-46(51-45(44)52)49-41(54)28-57-31-16-7-4-8-17-31/h3-25,29,34,37,42,53H,26-28H2,1-2H3,(H,49,50,51,54)/t34-,37+,42+/m0/s1. The summed E-state index contributed by atoms with van der Waals surface area (Å²) in [5, 5.41) is 16.6. The normalized spacial score (nSPS) is 16.4. The van der Waals surface area contributed by atoms with Crippen molar-refractivity contribution in [3.8, 4) is 37.6 Å². The van der Waals surface area contributed by atoms with Crippen molar-refractivity contribution in [2.75, 3.05) is 32.8 Å². The zero-order valence-corrected chi connectivity index (χ0v) is 34.8. The number of hydrogen-bond acceptors (Lipinski definition) is 12. The van der Waals surface area contributed by atoms with Crippen molar-refractivity contribution in [3.63, 3.8) is 0 Å². The van der Waals surface area contributed by atoms with Crippen LogP contribution in [0.1, 0.15) is 29.3 Å². The van der Waals surface area contributed by atoms with Gasteiger partial charge in [-0.1, -0.05) is 91.0 Å². The third-order valence-corrected chi connectivity index (χ3v) is 12.7. The highest BCUT2D eigenvalue weighted by molar-refractivity contribution is 7.23. The molecule has 308 valence electrons. The Hall–Kier alpha value is -6.42. The molecule has 12 nitrogen and oxygen atoms in total. The lowest BCUT2D eigenvalue weighted by Crippen LogP contribution is -2.38. The number of rotatable bonds is 15. The SMILES string of the molecule is COc1ccccc1C(OC[C@H]1O[C@@H](n2cnc3c(-c4ccc(-c5cccs5)s4)nc(NC(=O)COc4ccccc4)nc32)C[C@@H]1O)(c1ccccc1)c1ccccc1OC. The van der Waals surface area contributed by atoms with Gasteiger partial charge >= 0.3 is 0 Å². The number of aliphatic hydroxyl groups is 1. The Morgan fingerprint density at radius 2 is 1.49 bits per heavy atom. The van der Waals surface area contributed by atoms with Gasteiger partial charge in [-0.15, -0.1) is 22.7 Å². The van der Waals surface area contributed by atoms with E-state index in [1.165, 1.54) is 0 Å². The van der Waals surface area contributed by atoms with Gasteiger partial charge in [0.15, 0.2) is 17.9 Å². The fourth-order valence-corrected chi connectivity index (χ4v) is 9.51. The van der Waals surface area contributed by atoms with Crippen LogP contribution < -0.4 is 19.5 Å². The molecule has 0 spiro atoms. The molecule has 4 aromatic heterocycles. The lowest BCUT2D eigenvalue weighted by Gasteiger charge is -2.38. The number of carbonyl (C=O) groups excluding carboxylic acids is 1. The van der Waals surface area contributed by atoms with Crippen molar-refractivity contribution in [2.24, 2.45) is 0 Å². The third-order valence-electron chi connectivity index (χ3n) is 10.5. The average molecular weight is 852 g/mol. The lowest BCUT2D eigenvalue weighted by molar-refractivity contribution is -0.118. The first-order valence-electron chi connectivity index (χ1n) is 19.6. The highest BCUT2D eigenvalue weighted by atomic mass is 32.1. The van der Waals surface area contributed by atoms with Gasteiger partial charge in [0.05, 0.1) is 38.1 Å². The molecule has 1 aliphatic rings. The van der Waals surface area contributed by atoms with E-state index < -0.39 is 29.9 Å². The van der Waals surface area contributed by atoms with Crippen molar-refractivity contribution < 1.29 is 33.6 Å². The lowest BCUT2D eigenvalue weighted by atomic mass is 9.79. The number of imidazole rings is 1. The Balaban J connectivity index is 1.05. The number of hydrogen-bond donors (Lipinski definition) is 2. The van der Waals surface area contributed by atoms with Crippen LogP contribution in [0.4, 0.5) is 5.95 Å². The summed E-state index contributed by atoms with van der Waals surface area (Å²) in [4.78, 5) is 30.7. The van der Waals surface area contributed by atoms with E-state index in [0.717, 1.165) is 31.3 Å². The van der Waals surface area contributed by atoms with Crippen molar-refractivity contribution in [2.45, 2.75) is 30.5 Å². The Bertz CT molecular complexity index is 2700. The summed E-state index contributed by atoms with van der Waals surface area (Å²) >= 11 is 3.23. The number of methoxy groups -OCH3 is 2. The van der Waals surface area contributed by atoms with Crippen LogP contribution in [0, 0.1) is 0 Å². The third kappa shape index (κ3) is 7.99. The second-order valence-electron chi connectivity index (χ2n) is 14.2. The summed E-state index contributed by atoms with van der Waals surface area (Å²) in [6, 6.07) is 42.6. The summed E-state index contributed by atoms with van der Waals surface area (Å²) in [6.07, 6.45) is -0.521. The van der Waals surface area contributed by atoms with E-state index in [9.17, 15) is 9.90 Å². The van der Waals surface area contributed by atoms with Gasteiger partial charge in [-0.05, 0) is 53.4 Å². The van der Waals surface area contributed by atoms with E-state index in [1.54, 1.807) is 59.9 Å². The molecule has 0 aliphatic carbocycles. The van der Waals surface area contributed by atoms with Crippen LogP contribution in [0.3, 0.4) is 0 Å². The largest absolute Gasteiger partial charge is 0.496 e. The van der Waals surface area contributed by atoms with E-state index >= 15 is 0 Å². The van der Waals surface area contributed by atoms with Gasteiger partial charge in [0.25, 0.3) is 5.91 Å². The molecule has 1 amide bonds. The Morgan fingerprint density at radius 3 is 2.18 bits per heavy atom. The van der Waals surface area contributed by atoms with Gasteiger partial charge in [0, 0.05) is 27.3 Å². The number of aliphatic hydroxyl groups excluding tert-OH is 1. The molecule has 14 heteroatoms. The minimum atomic E-state index is -1.24. The van der Waals surface area contributed by atoms with Gasteiger partial charge in [-0.3, -0.25) is 14.7 Å². The van der Waals surface area contributed by atoms with Crippen LogP contribution in [0.25, 0.3) is 31.5 Å². The summed E-state index contributed by atoms with van der Waals surface area (Å²) < 4.78 is 33.2. The molecule has 4 aromatic carbocycles. The zero-order chi connectivity index (χ0) is 41.8. The minimum absolute atomic E-state index is 0.0149. The summed E-state index contributed by atoms with van der Waals surface area (Å²) in [7, 11) is 3.26. The molecule has 1 saturated heterocycles. The van der Waals surface area contributed by atoms with Crippen LogP contribution in [-0.2, 0) is 19.9 Å². The molecule has 61 heavy (non-hydrogen) atoms. The predicted molar refractivity (Wildman–Crippen MR) is 235 cm³/mol. The maximum absolute atomic E-state index is 13.2. The van der Waals surface area contributed by atoms with E-state index in [-0.39, 0.29) is 25.6 Å².